The Morgan fingerprint density at radius 3 is 2.60 bits per heavy atom. The molecule has 3 fully saturated rings. The van der Waals surface area contributed by atoms with E-state index in [1.165, 1.54) is 25.7 Å². The van der Waals surface area contributed by atoms with E-state index in [4.69, 9.17) is 4.74 Å². The van der Waals surface area contributed by atoms with Crippen molar-refractivity contribution in [2.24, 2.45) is 0 Å². The van der Waals surface area contributed by atoms with E-state index < -0.39 is 5.60 Å². The zero-order chi connectivity index (χ0) is 10.5. The lowest BCUT2D eigenvalue weighted by Crippen LogP contribution is -2.65. The Kier molecular flexibility index (Phi) is 2.14. The molecule has 2 aliphatic heterocycles. The van der Waals surface area contributed by atoms with E-state index in [1.54, 1.807) is 0 Å². The molecule has 15 heavy (non-hydrogen) atoms. The molecule has 3 aliphatic rings. The number of hydrogen-bond acceptors (Lipinski definition) is 3. The molecular formula is C12H21NO2. The SMILES string of the molecule is CC1(O)CN(C2CCOC3(CCC3)C2)C1. The highest BCUT2D eigenvalue weighted by atomic mass is 16.5. The maximum absolute atomic E-state index is 9.74. The van der Waals surface area contributed by atoms with Gasteiger partial charge in [-0.05, 0) is 39.0 Å². The van der Waals surface area contributed by atoms with Gasteiger partial charge >= 0.3 is 0 Å². The molecule has 1 unspecified atom stereocenters. The van der Waals surface area contributed by atoms with Gasteiger partial charge in [-0.3, -0.25) is 4.90 Å². The van der Waals surface area contributed by atoms with Crippen LogP contribution in [0.25, 0.3) is 0 Å². The lowest BCUT2D eigenvalue weighted by atomic mass is 9.73. The second kappa shape index (κ2) is 3.19. The first-order valence-electron chi connectivity index (χ1n) is 6.19. The number of β-amino-alcohol motifs (C(OH)–C–C–N with tert-alkyl or cyclic N) is 1. The van der Waals surface area contributed by atoms with Crippen molar-refractivity contribution in [1.29, 1.82) is 0 Å². The van der Waals surface area contributed by atoms with Crippen molar-refractivity contribution < 1.29 is 9.84 Å². The fraction of sp³-hybridized carbons (Fsp3) is 1.00. The second-order valence-electron chi connectivity index (χ2n) is 5.93. The van der Waals surface area contributed by atoms with Gasteiger partial charge in [-0.2, -0.15) is 0 Å². The molecule has 0 amide bonds. The highest BCUT2D eigenvalue weighted by molar-refractivity contribution is 5.01. The molecule has 0 aromatic heterocycles. The van der Waals surface area contributed by atoms with Crippen molar-refractivity contribution in [3.05, 3.63) is 0 Å². The van der Waals surface area contributed by atoms with E-state index in [1.807, 2.05) is 6.92 Å². The zero-order valence-corrected chi connectivity index (χ0v) is 9.54. The van der Waals surface area contributed by atoms with Crippen molar-refractivity contribution in [3.63, 3.8) is 0 Å². The lowest BCUT2D eigenvalue weighted by molar-refractivity contribution is -0.177. The quantitative estimate of drug-likeness (QED) is 0.706. The summed E-state index contributed by atoms with van der Waals surface area (Å²) in [5.74, 6) is 0. The number of nitrogens with zero attached hydrogens (tertiary/aromatic N) is 1. The summed E-state index contributed by atoms with van der Waals surface area (Å²) in [7, 11) is 0. The van der Waals surface area contributed by atoms with E-state index in [9.17, 15) is 5.11 Å². The fourth-order valence-corrected chi connectivity index (χ4v) is 3.32. The molecule has 0 bridgehead atoms. The third kappa shape index (κ3) is 1.71. The molecule has 1 atom stereocenters. The van der Waals surface area contributed by atoms with Crippen LogP contribution in [0.2, 0.25) is 0 Å². The summed E-state index contributed by atoms with van der Waals surface area (Å²) in [5.41, 5.74) is -0.185. The van der Waals surface area contributed by atoms with Crippen LogP contribution in [0.15, 0.2) is 0 Å². The number of rotatable bonds is 1. The number of likely N-dealkylation sites (tertiary alicyclic amines) is 1. The first-order chi connectivity index (χ1) is 7.09. The minimum Gasteiger partial charge on any atom is -0.388 e. The molecule has 1 spiro atoms. The predicted octanol–water partition coefficient (Wildman–Crippen LogP) is 1.15. The van der Waals surface area contributed by atoms with E-state index in [0.29, 0.717) is 6.04 Å². The summed E-state index contributed by atoms with van der Waals surface area (Å²) in [4.78, 5) is 2.43. The minimum atomic E-state index is -0.426. The maximum Gasteiger partial charge on any atom is 0.0872 e. The molecule has 1 N–H and O–H groups in total. The Bertz CT molecular complexity index is 252. The average molecular weight is 211 g/mol. The topological polar surface area (TPSA) is 32.7 Å². The second-order valence-corrected chi connectivity index (χ2v) is 5.93. The van der Waals surface area contributed by atoms with Crippen LogP contribution in [0.1, 0.15) is 39.0 Å². The van der Waals surface area contributed by atoms with Crippen molar-refractivity contribution in [3.8, 4) is 0 Å². The van der Waals surface area contributed by atoms with Crippen molar-refractivity contribution >= 4 is 0 Å². The van der Waals surface area contributed by atoms with Gasteiger partial charge in [0.25, 0.3) is 0 Å². The first-order valence-corrected chi connectivity index (χ1v) is 6.19. The van der Waals surface area contributed by atoms with Crippen molar-refractivity contribution in [1.82, 2.24) is 4.90 Å². The summed E-state index contributed by atoms with van der Waals surface area (Å²) in [6.45, 7) is 4.56. The molecular weight excluding hydrogens is 190 g/mol. The Morgan fingerprint density at radius 1 is 1.33 bits per heavy atom. The van der Waals surface area contributed by atoms with Gasteiger partial charge in [-0.15, -0.1) is 0 Å². The van der Waals surface area contributed by atoms with Crippen LogP contribution in [0.5, 0.6) is 0 Å². The maximum atomic E-state index is 9.74. The van der Waals surface area contributed by atoms with E-state index in [-0.39, 0.29) is 5.60 Å². The van der Waals surface area contributed by atoms with Crippen molar-refractivity contribution in [2.75, 3.05) is 19.7 Å². The molecule has 86 valence electrons. The summed E-state index contributed by atoms with van der Waals surface area (Å²) in [5, 5.41) is 9.74. The molecule has 3 heteroatoms. The van der Waals surface area contributed by atoms with Gasteiger partial charge in [-0.1, -0.05) is 0 Å². The molecule has 2 heterocycles. The smallest absolute Gasteiger partial charge is 0.0872 e. The zero-order valence-electron chi connectivity index (χ0n) is 9.54. The summed E-state index contributed by atoms with van der Waals surface area (Å²) >= 11 is 0. The fourth-order valence-electron chi connectivity index (χ4n) is 3.32. The van der Waals surface area contributed by atoms with Gasteiger partial charge in [0, 0.05) is 25.7 Å². The van der Waals surface area contributed by atoms with E-state index in [2.05, 4.69) is 4.90 Å². The highest BCUT2D eigenvalue weighted by Crippen LogP contribution is 2.44. The molecule has 0 radical (unpaired) electrons. The minimum absolute atomic E-state index is 0.240. The number of aliphatic hydroxyl groups is 1. The van der Waals surface area contributed by atoms with Crippen LogP contribution in [-0.4, -0.2) is 46.9 Å². The lowest BCUT2D eigenvalue weighted by Gasteiger charge is -2.54. The van der Waals surface area contributed by atoms with Crippen LogP contribution >= 0.6 is 0 Å². The molecule has 2 saturated heterocycles. The van der Waals surface area contributed by atoms with Gasteiger partial charge < -0.3 is 9.84 Å². The Balaban J connectivity index is 1.58. The van der Waals surface area contributed by atoms with Crippen molar-refractivity contribution in [2.45, 2.75) is 56.3 Å². The Labute approximate surface area is 91.4 Å². The third-order valence-corrected chi connectivity index (χ3v) is 4.34. The van der Waals surface area contributed by atoms with E-state index >= 15 is 0 Å². The van der Waals surface area contributed by atoms with Gasteiger partial charge in [0.05, 0.1) is 11.2 Å². The summed E-state index contributed by atoms with van der Waals surface area (Å²) in [6.07, 6.45) is 6.20. The Morgan fingerprint density at radius 2 is 2.07 bits per heavy atom. The average Bonchev–Trinajstić information content (AvgIpc) is 2.12. The van der Waals surface area contributed by atoms with Gasteiger partial charge in [0.15, 0.2) is 0 Å². The van der Waals surface area contributed by atoms with Gasteiger partial charge in [0.2, 0.25) is 0 Å². The van der Waals surface area contributed by atoms with Crippen LogP contribution in [0, 0.1) is 0 Å². The van der Waals surface area contributed by atoms with E-state index in [0.717, 1.165) is 26.1 Å². The Hall–Kier alpha value is -0.120. The summed E-state index contributed by atoms with van der Waals surface area (Å²) in [6, 6.07) is 0.666. The van der Waals surface area contributed by atoms with Crippen LogP contribution in [0.3, 0.4) is 0 Å². The van der Waals surface area contributed by atoms with Crippen LogP contribution in [-0.2, 0) is 4.74 Å². The molecule has 3 rings (SSSR count). The normalized spacial score (nSPS) is 38.4. The molecule has 1 aliphatic carbocycles. The predicted molar refractivity (Wildman–Crippen MR) is 57.8 cm³/mol. The number of hydrogen-bond donors (Lipinski definition) is 1. The van der Waals surface area contributed by atoms with Crippen LogP contribution in [0.4, 0.5) is 0 Å². The molecule has 0 aromatic carbocycles. The molecule has 0 aromatic rings. The number of ether oxygens (including phenoxy) is 1. The summed E-state index contributed by atoms with van der Waals surface area (Å²) < 4.78 is 5.91. The molecule has 1 saturated carbocycles. The highest BCUT2D eigenvalue weighted by Gasteiger charge is 2.47. The van der Waals surface area contributed by atoms with Gasteiger partial charge in [0.1, 0.15) is 0 Å². The monoisotopic (exact) mass is 211 g/mol. The largest absolute Gasteiger partial charge is 0.388 e. The standard InChI is InChI=1S/C12H21NO2/c1-11(14)8-13(9-11)10-3-6-15-12(7-10)4-2-5-12/h10,14H,2-9H2,1H3. The first kappa shape index (κ1) is 10.1. The molecule has 3 nitrogen and oxygen atoms in total. The van der Waals surface area contributed by atoms with Gasteiger partial charge in [-0.25, -0.2) is 0 Å². The third-order valence-electron chi connectivity index (χ3n) is 4.34. The van der Waals surface area contributed by atoms with Crippen LogP contribution < -0.4 is 0 Å².